The lowest BCUT2D eigenvalue weighted by Gasteiger charge is -2.10. The van der Waals surface area contributed by atoms with Crippen molar-refractivity contribution in [1.29, 1.82) is 0 Å². The molecule has 2 heteroatoms. The Morgan fingerprint density at radius 3 is 2.57 bits per heavy atom. The van der Waals surface area contributed by atoms with Crippen LogP contribution in [0.5, 0.6) is 0 Å². The molecule has 0 aliphatic heterocycles. The first-order valence-corrected chi connectivity index (χ1v) is 7.77. The van der Waals surface area contributed by atoms with Crippen molar-refractivity contribution in [3.8, 4) is 0 Å². The summed E-state index contributed by atoms with van der Waals surface area (Å²) in [4.78, 5) is 17.5. The van der Waals surface area contributed by atoms with Crippen molar-refractivity contribution in [1.82, 2.24) is 4.98 Å². The molecule has 23 heavy (non-hydrogen) atoms. The Kier molecular flexibility index (Phi) is 4.33. The molecule has 0 N–H and O–H groups in total. The molecule has 0 aliphatic rings. The summed E-state index contributed by atoms with van der Waals surface area (Å²) in [5.41, 5.74) is 4.36. The van der Waals surface area contributed by atoms with E-state index in [4.69, 9.17) is 0 Å². The number of aromatic nitrogens is 1. The number of hydrogen-bond donors (Lipinski definition) is 0. The van der Waals surface area contributed by atoms with E-state index < -0.39 is 0 Å². The highest BCUT2D eigenvalue weighted by Crippen LogP contribution is 2.22. The Hall–Kier alpha value is -2.74. The van der Waals surface area contributed by atoms with E-state index in [1.807, 2.05) is 61.5 Å². The molecule has 0 bridgehead atoms. The van der Waals surface area contributed by atoms with E-state index in [-0.39, 0.29) is 5.78 Å². The number of allylic oxidation sites excluding steroid dienone is 1. The number of aryl methyl sites for hydroxylation is 1. The van der Waals surface area contributed by atoms with Gasteiger partial charge in [-0.25, -0.2) is 0 Å². The monoisotopic (exact) mass is 301 g/mol. The molecular weight excluding hydrogens is 282 g/mol. The highest BCUT2D eigenvalue weighted by atomic mass is 16.1. The Balaban J connectivity index is 2.04. The Morgan fingerprint density at radius 1 is 1.00 bits per heavy atom. The zero-order chi connectivity index (χ0) is 16.2. The van der Waals surface area contributed by atoms with Crippen LogP contribution < -0.4 is 0 Å². The van der Waals surface area contributed by atoms with Gasteiger partial charge in [-0.3, -0.25) is 9.78 Å². The van der Waals surface area contributed by atoms with Gasteiger partial charge in [0.15, 0.2) is 5.78 Å². The number of carbonyl (C=O) groups is 1. The lowest BCUT2D eigenvalue weighted by molar-refractivity contribution is 0.103. The number of fused-ring (bicyclic) bond motifs is 1. The summed E-state index contributed by atoms with van der Waals surface area (Å²) in [7, 11) is 0. The van der Waals surface area contributed by atoms with Gasteiger partial charge in [0.25, 0.3) is 0 Å². The number of pyridine rings is 1. The number of carbonyl (C=O) groups excluding carboxylic acids is 1. The molecular formula is C21H19NO. The fraction of sp³-hybridized carbons (Fsp3) is 0.143. The van der Waals surface area contributed by atoms with Crippen molar-refractivity contribution in [3.63, 3.8) is 0 Å². The molecule has 2 aromatic carbocycles. The topological polar surface area (TPSA) is 30.0 Å². The summed E-state index contributed by atoms with van der Waals surface area (Å²) >= 11 is 0. The summed E-state index contributed by atoms with van der Waals surface area (Å²) in [5.74, 6) is 0.0339. The van der Waals surface area contributed by atoms with Crippen LogP contribution in [-0.2, 0) is 6.42 Å². The van der Waals surface area contributed by atoms with Gasteiger partial charge in [0.05, 0.1) is 5.52 Å². The summed E-state index contributed by atoms with van der Waals surface area (Å²) in [6, 6.07) is 17.4. The second kappa shape index (κ2) is 6.57. The van der Waals surface area contributed by atoms with Gasteiger partial charge in [0, 0.05) is 22.7 Å². The molecule has 0 fully saturated rings. The summed E-state index contributed by atoms with van der Waals surface area (Å²) in [5, 5.41) is 0.984. The van der Waals surface area contributed by atoms with Crippen molar-refractivity contribution >= 4 is 16.7 Å². The third-order valence-electron chi connectivity index (χ3n) is 3.96. The predicted octanol–water partition coefficient (Wildman–Crippen LogP) is 4.97. The molecule has 0 saturated carbocycles. The minimum atomic E-state index is 0.0339. The molecule has 114 valence electrons. The number of ketones is 1. The molecule has 3 aromatic rings. The maximum absolute atomic E-state index is 13.1. The van der Waals surface area contributed by atoms with E-state index in [9.17, 15) is 4.79 Å². The Morgan fingerprint density at radius 2 is 1.74 bits per heavy atom. The van der Waals surface area contributed by atoms with Crippen LogP contribution >= 0.6 is 0 Å². The SMILES string of the molecule is C=C(C)CCc1ccccc1C(=O)c1cccc2cccnc12. The van der Waals surface area contributed by atoms with E-state index in [0.717, 1.165) is 40.4 Å². The van der Waals surface area contributed by atoms with E-state index in [1.54, 1.807) is 6.20 Å². The molecule has 0 aliphatic carbocycles. The summed E-state index contributed by atoms with van der Waals surface area (Å²) < 4.78 is 0. The molecule has 3 rings (SSSR count). The minimum Gasteiger partial charge on any atom is -0.289 e. The smallest absolute Gasteiger partial charge is 0.195 e. The van der Waals surface area contributed by atoms with Crippen LogP contribution in [0.25, 0.3) is 10.9 Å². The zero-order valence-corrected chi connectivity index (χ0v) is 13.3. The maximum Gasteiger partial charge on any atom is 0.195 e. The van der Waals surface area contributed by atoms with Gasteiger partial charge in [-0.1, -0.05) is 48.0 Å². The molecule has 0 saturated heterocycles. The number of benzene rings is 2. The Bertz CT molecular complexity index is 874. The first-order chi connectivity index (χ1) is 11.2. The lowest BCUT2D eigenvalue weighted by Crippen LogP contribution is -2.07. The second-order valence-corrected chi connectivity index (χ2v) is 5.82. The normalized spacial score (nSPS) is 10.7. The van der Waals surface area contributed by atoms with Crippen LogP contribution in [-0.4, -0.2) is 10.8 Å². The Labute approximate surface area is 136 Å². The van der Waals surface area contributed by atoms with Crippen LogP contribution in [0.15, 0.2) is 72.9 Å². The average molecular weight is 301 g/mol. The fourth-order valence-electron chi connectivity index (χ4n) is 2.74. The standard InChI is InChI=1S/C21H19NO/c1-15(2)12-13-16-7-3-4-10-18(16)21(23)19-11-5-8-17-9-6-14-22-20(17)19/h3-11,14H,1,12-13H2,2H3. The van der Waals surface area contributed by atoms with Gasteiger partial charge in [-0.05, 0) is 37.5 Å². The van der Waals surface area contributed by atoms with Crippen molar-refractivity contribution in [2.45, 2.75) is 19.8 Å². The fourth-order valence-corrected chi connectivity index (χ4v) is 2.74. The second-order valence-electron chi connectivity index (χ2n) is 5.82. The number of hydrogen-bond acceptors (Lipinski definition) is 2. The number of rotatable bonds is 5. The highest BCUT2D eigenvalue weighted by Gasteiger charge is 2.16. The van der Waals surface area contributed by atoms with E-state index in [0.29, 0.717) is 5.56 Å². The van der Waals surface area contributed by atoms with Crippen molar-refractivity contribution in [3.05, 3.63) is 89.6 Å². The first-order valence-electron chi connectivity index (χ1n) is 7.77. The third kappa shape index (κ3) is 3.21. The van der Waals surface area contributed by atoms with Crippen LogP contribution in [0, 0.1) is 0 Å². The zero-order valence-electron chi connectivity index (χ0n) is 13.3. The predicted molar refractivity (Wildman–Crippen MR) is 94.8 cm³/mol. The summed E-state index contributed by atoms with van der Waals surface area (Å²) in [6.07, 6.45) is 3.44. The van der Waals surface area contributed by atoms with Crippen molar-refractivity contribution in [2.75, 3.05) is 0 Å². The van der Waals surface area contributed by atoms with Crippen molar-refractivity contribution in [2.24, 2.45) is 0 Å². The van der Waals surface area contributed by atoms with Gasteiger partial charge in [0.2, 0.25) is 0 Å². The maximum atomic E-state index is 13.1. The highest BCUT2D eigenvalue weighted by molar-refractivity contribution is 6.16. The first kappa shape index (κ1) is 15.2. The van der Waals surface area contributed by atoms with Crippen molar-refractivity contribution < 1.29 is 4.79 Å². The third-order valence-corrected chi connectivity index (χ3v) is 3.96. The number of para-hydroxylation sites is 1. The minimum absolute atomic E-state index is 0.0339. The molecule has 0 unspecified atom stereocenters. The number of nitrogens with zero attached hydrogens (tertiary/aromatic N) is 1. The largest absolute Gasteiger partial charge is 0.289 e. The van der Waals surface area contributed by atoms with Gasteiger partial charge in [-0.2, -0.15) is 0 Å². The van der Waals surface area contributed by atoms with E-state index >= 15 is 0 Å². The average Bonchev–Trinajstić information content (AvgIpc) is 2.59. The van der Waals surface area contributed by atoms with Gasteiger partial charge in [-0.15, -0.1) is 6.58 Å². The lowest BCUT2D eigenvalue weighted by atomic mass is 9.94. The molecule has 0 radical (unpaired) electrons. The molecule has 2 nitrogen and oxygen atoms in total. The van der Waals surface area contributed by atoms with Gasteiger partial charge >= 0.3 is 0 Å². The molecule has 1 heterocycles. The van der Waals surface area contributed by atoms with Crippen LogP contribution in [0.1, 0.15) is 34.8 Å². The van der Waals surface area contributed by atoms with Crippen LogP contribution in [0.4, 0.5) is 0 Å². The molecule has 0 atom stereocenters. The van der Waals surface area contributed by atoms with Gasteiger partial charge in [0.1, 0.15) is 0 Å². The van der Waals surface area contributed by atoms with Crippen LogP contribution in [0.2, 0.25) is 0 Å². The van der Waals surface area contributed by atoms with Gasteiger partial charge < -0.3 is 0 Å². The molecule has 0 amide bonds. The van der Waals surface area contributed by atoms with Crippen LogP contribution in [0.3, 0.4) is 0 Å². The van der Waals surface area contributed by atoms with E-state index in [1.165, 1.54) is 0 Å². The van der Waals surface area contributed by atoms with E-state index in [2.05, 4.69) is 11.6 Å². The summed E-state index contributed by atoms with van der Waals surface area (Å²) in [6.45, 7) is 5.96. The molecule has 1 aromatic heterocycles. The molecule has 0 spiro atoms. The quantitative estimate of drug-likeness (QED) is 0.491.